The summed E-state index contributed by atoms with van der Waals surface area (Å²) in [6.07, 6.45) is 0.865. The molecule has 1 heterocycles. The van der Waals surface area contributed by atoms with E-state index >= 15 is 0 Å². The Balaban J connectivity index is 1.03. The summed E-state index contributed by atoms with van der Waals surface area (Å²) in [5.74, 6) is 1.95. The Bertz CT molecular complexity index is 2810. The van der Waals surface area contributed by atoms with E-state index in [0.717, 1.165) is 34.2 Å². The lowest BCUT2D eigenvalue weighted by Gasteiger charge is -2.12. The van der Waals surface area contributed by atoms with E-state index in [2.05, 4.69) is 176 Å². The van der Waals surface area contributed by atoms with Crippen molar-refractivity contribution in [2.45, 2.75) is 6.42 Å². The van der Waals surface area contributed by atoms with Crippen LogP contribution < -0.4 is 0 Å². The fourth-order valence-electron chi connectivity index (χ4n) is 7.89. The largest absolute Gasteiger partial charge is 0.208 e. The summed E-state index contributed by atoms with van der Waals surface area (Å²) in [6.45, 7) is 0. The molecule has 0 unspecified atom stereocenters. The van der Waals surface area contributed by atoms with Crippen molar-refractivity contribution in [2.24, 2.45) is 0 Å². The average Bonchev–Trinajstić information content (AvgIpc) is 3.67. The van der Waals surface area contributed by atoms with Gasteiger partial charge in [0, 0.05) is 16.7 Å². The SMILES string of the molecule is c1ccc(-c2ccc(-c3nc(-c4ccccc4)nc(-c4cccc(-c5cccc6c5Cc5c(-c7cccc(-c8ccccc8)c7)cccc5-6)c4)n3)cc2)cc1. The second-order valence-corrected chi connectivity index (χ2v) is 14.0. The zero-order valence-electron chi connectivity index (χ0n) is 30.1. The van der Waals surface area contributed by atoms with Gasteiger partial charge in [-0.25, -0.2) is 15.0 Å². The lowest BCUT2D eigenvalue weighted by molar-refractivity contribution is 1.07. The lowest BCUT2D eigenvalue weighted by atomic mass is 9.93. The van der Waals surface area contributed by atoms with Gasteiger partial charge in [0.25, 0.3) is 0 Å². The molecule has 3 heteroatoms. The third kappa shape index (κ3) is 6.22. The Morgan fingerprint density at radius 1 is 0.236 bits per heavy atom. The zero-order chi connectivity index (χ0) is 36.6. The highest BCUT2D eigenvalue weighted by atomic mass is 15.0. The monoisotopic (exact) mass is 701 g/mol. The van der Waals surface area contributed by atoms with E-state index in [1.807, 2.05) is 24.3 Å². The predicted molar refractivity (Wildman–Crippen MR) is 226 cm³/mol. The fraction of sp³-hybridized carbons (Fsp3) is 0.0192. The summed E-state index contributed by atoms with van der Waals surface area (Å²) in [5, 5.41) is 0. The minimum absolute atomic E-state index is 0.647. The molecule has 10 rings (SSSR count). The molecule has 1 aliphatic rings. The summed E-state index contributed by atoms with van der Waals surface area (Å²) in [6, 6.07) is 70.7. The molecule has 0 aliphatic heterocycles. The first kappa shape index (κ1) is 32.4. The number of hydrogen-bond acceptors (Lipinski definition) is 3. The molecule has 0 radical (unpaired) electrons. The zero-order valence-corrected chi connectivity index (χ0v) is 30.1. The highest BCUT2D eigenvalue weighted by Gasteiger charge is 2.25. The molecule has 258 valence electrons. The molecule has 3 nitrogen and oxygen atoms in total. The third-order valence-electron chi connectivity index (χ3n) is 10.6. The Labute approximate surface area is 321 Å². The maximum absolute atomic E-state index is 5.09. The van der Waals surface area contributed by atoms with Gasteiger partial charge in [-0.3, -0.25) is 0 Å². The quantitative estimate of drug-likeness (QED) is 0.166. The number of aromatic nitrogens is 3. The molecule has 0 atom stereocenters. The van der Waals surface area contributed by atoms with Crippen molar-refractivity contribution >= 4 is 0 Å². The Hall–Kier alpha value is -7.23. The van der Waals surface area contributed by atoms with Crippen molar-refractivity contribution < 1.29 is 0 Å². The van der Waals surface area contributed by atoms with Crippen molar-refractivity contribution in [1.29, 1.82) is 0 Å². The minimum Gasteiger partial charge on any atom is -0.208 e. The van der Waals surface area contributed by atoms with Crippen molar-refractivity contribution in [3.8, 4) is 89.8 Å². The molecule has 0 amide bonds. The van der Waals surface area contributed by atoms with Crippen molar-refractivity contribution in [2.75, 3.05) is 0 Å². The smallest absolute Gasteiger partial charge is 0.164 e. The predicted octanol–water partition coefficient (Wildman–Crippen LogP) is 13.1. The molecule has 0 bridgehead atoms. The van der Waals surface area contributed by atoms with Crippen molar-refractivity contribution in [3.05, 3.63) is 211 Å². The normalized spacial score (nSPS) is 11.6. The van der Waals surface area contributed by atoms with E-state index in [1.165, 1.54) is 55.6 Å². The lowest BCUT2D eigenvalue weighted by Crippen LogP contribution is -2.00. The van der Waals surface area contributed by atoms with E-state index in [0.29, 0.717) is 17.5 Å². The van der Waals surface area contributed by atoms with Crippen LogP contribution in [0.3, 0.4) is 0 Å². The molecule has 9 aromatic rings. The van der Waals surface area contributed by atoms with Crippen LogP contribution in [-0.4, -0.2) is 15.0 Å². The van der Waals surface area contributed by atoms with Crippen LogP contribution in [0.15, 0.2) is 200 Å². The molecule has 1 aliphatic carbocycles. The van der Waals surface area contributed by atoms with Crippen LogP contribution in [0.1, 0.15) is 11.1 Å². The maximum Gasteiger partial charge on any atom is 0.164 e. The summed E-state index contributed by atoms with van der Waals surface area (Å²) in [4.78, 5) is 15.1. The molecule has 8 aromatic carbocycles. The van der Waals surface area contributed by atoms with Crippen LogP contribution in [-0.2, 0) is 6.42 Å². The van der Waals surface area contributed by atoms with Crippen LogP contribution in [0.4, 0.5) is 0 Å². The summed E-state index contributed by atoms with van der Waals surface area (Å²) in [7, 11) is 0. The van der Waals surface area contributed by atoms with Crippen LogP contribution in [0.5, 0.6) is 0 Å². The van der Waals surface area contributed by atoms with Gasteiger partial charge in [-0.05, 0) is 85.3 Å². The van der Waals surface area contributed by atoms with Gasteiger partial charge in [0.2, 0.25) is 0 Å². The van der Waals surface area contributed by atoms with Crippen LogP contribution in [0.2, 0.25) is 0 Å². The van der Waals surface area contributed by atoms with Gasteiger partial charge in [-0.1, -0.05) is 188 Å². The first-order valence-corrected chi connectivity index (χ1v) is 18.7. The number of fused-ring (bicyclic) bond motifs is 3. The second-order valence-electron chi connectivity index (χ2n) is 14.0. The molecule has 1 aromatic heterocycles. The van der Waals surface area contributed by atoms with E-state index in [9.17, 15) is 0 Å². The summed E-state index contributed by atoms with van der Waals surface area (Å²) in [5.41, 5.74) is 17.9. The van der Waals surface area contributed by atoms with Gasteiger partial charge in [-0.15, -0.1) is 0 Å². The van der Waals surface area contributed by atoms with Gasteiger partial charge >= 0.3 is 0 Å². The van der Waals surface area contributed by atoms with Gasteiger partial charge < -0.3 is 0 Å². The molecule has 0 saturated heterocycles. The van der Waals surface area contributed by atoms with Crippen molar-refractivity contribution in [1.82, 2.24) is 15.0 Å². The topological polar surface area (TPSA) is 38.7 Å². The maximum atomic E-state index is 5.09. The van der Waals surface area contributed by atoms with Gasteiger partial charge in [-0.2, -0.15) is 0 Å². The van der Waals surface area contributed by atoms with E-state index in [-0.39, 0.29) is 0 Å². The minimum atomic E-state index is 0.647. The Kier molecular flexibility index (Phi) is 8.23. The molecular formula is C52H35N3. The Morgan fingerprint density at radius 3 is 1.11 bits per heavy atom. The highest BCUT2D eigenvalue weighted by Crippen LogP contribution is 2.46. The Morgan fingerprint density at radius 2 is 0.564 bits per heavy atom. The molecule has 0 saturated carbocycles. The number of rotatable bonds is 7. The standard InChI is InChI=1S/C52H35N3/c1-4-14-35(15-5-1)37-28-30-39(31-29-37)51-53-50(38-18-8-3-9-19-38)54-52(55-51)43-23-11-22-42(33-43)45-25-13-27-47-46-26-12-24-44(48(46)34-49(45)47)41-21-10-20-40(32-41)36-16-6-2-7-17-36/h1-33H,34H2. The molecule has 0 fully saturated rings. The van der Waals surface area contributed by atoms with Crippen LogP contribution in [0.25, 0.3) is 89.8 Å². The third-order valence-corrected chi connectivity index (χ3v) is 10.6. The fourth-order valence-corrected chi connectivity index (χ4v) is 7.89. The number of benzene rings is 8. The molecule has 55 heavy (non-hydrogen) atoms. The van der Waals surface area contributed by atoms with Gasteiger partial charge in [0.05, 0.1) is 0 Å². The van der Waals surface area contributed by atoms with E-state index in [4.69, 9.17) is 15.0 Å². The second kappa shape index (κ2) is 14.0. The van der Waals surface area contributed by atoms with Crippen LogP contribution in [0, 0.1) is 0 Å². The first-order valence-electron chi connectivity index (χ1n) is 18.7. The summed E-state index contributed by atoms with van der Waals surface area (Å²) < 4.78 is 0. The number of nitrogens with zero attached hydrogens (tertiary/aromatic N) is 3. The number of hydrogen-bond donors (Lipinski definition) is 0. The first-order chi connectivity index (χ1) is 27.2. The highest BCUT2D eigenvalue weighted by molar-refractivity contribution is 5.90. The van der Waals surface area contributed by atoms with E-state index < -0.39 is 0 Å². The average molecular weight is 702 g/mol. The van der Waals surface area contributed by atoms with Gasteiger partial charge in [0.1, 0.15) is 0 Å². The summed E-state index contributed by atoms with van der Waals surface area (Å²) >= 11 is 0. The van der Waals surface area contributed by atoms with Crippen molar-refractivity contribution in [3.63, 3.8) is 0 Å². The molecular weight excluding hydrogens is 667 g/mol. The van der Waals surface area contributed by atoms with Gasteiger partial charge in [0.15, 0.2) is 17.5 Å². The molecule has 0 spiro atoms. The van der Waals surface area contributed by atoms with E-state index in [1.54, 1.807) is 0 Å². The van der Waals surface area contributed by atoms with Crippen LogP contribution >= 0.6 is 0 Å². The molecule has 0 N–H and O–H groups in total.